The van der Waals surface area contributed by atoms with Crippen LogP contribution in [0.15, 0.2) is 42.5 Å². The van der Waals surface area contributed by atoms with Gasteiger partial charge in [-0.2, -0.15) is 0 Å². The Hall–Kier alpha value is -2.89. The Morgan fingerprint density at radius 3 is 2.58 bits per heavy atom. The summed E-state index contributed by atoms with van der Waals surface area (Å²) in [6, 6.07) is 11.0. The van der Waals surface area contributed by atoms with Crippen LogP contribution in [0, 0.1) is 5.82 Å². The highest BCUT2D eigenvalue weighted by Gasteiger charge is 2.21. The summed E-state index contributed by atoms with van der Waals surface area (Å²) in [5.41, 5.74) is 3.14. The van der Waals surface area contributed by atoms with E-state index in [1.807, 2.05) is 18.2 Å². The van der Waals surface area contributed by atoms with E-state index in [0.29, 0.717) is 24.3 Å². The van der Waals surface area contributed by atoms with Crippen LogP contribution in [0.2, 0.25) is 0 Å². The van der Waals surface area contributed by atoms with E-state index < -0.39 is 0 Å². The molecule has 0 fully saturated rings. The number of anilines is 1. The van der Waals surface area contributed by atoms with Crippen LogP contribution in [0.3, 0.4) is 0 Å². The molecule has 0 aliphatic carbocycles. The Kier molecular flexibility index (Phi) is 4.46. The van der Waals surface area contributed by atoms with Gasteiger partial charge in [0.1, 0.15) is 5.82 Å². The first-order chi connectivity index (χ1) is 11.6. The number of fused-ring (bicyclic) bond motifs is 1. The predicted molar refractivity (Wildman–Crippen MR) is 87.3 cm³/mol. The quantitative estimate of drug-likeness (QED) is 0.921. The monoisotopic (exact) mass is 328 g/mol. The van der Waals surface area contributed by atoms with E-state index in [2.05, 4.69) is 5.32 Å². The van der Waals surface area contributed by atoms with Crippen molar-refractivity contribution >= 4 is 17.7 Å². The molecular formula is C18H17FN2O3. The zero-order valence-corrected chi connectivity index (χ0v) is 13.2. The lowest BCUT2D eigenvalue weighted by atomic mass is 9.99. The zero-order valence-electron chi connectivity index (χ0n) is 13.2. The second kappa shape index (κ2) is 6.70. The van der Waals surface area contributed by atoms with Crippen LogP contribution in [0.25, 0.3) is 0 Å². The number of ether oxygens (including phenoxy) is 1. The SMILES string of the molecule is COC(=O)N1CCc2ccc(NC(=O)c3ccc(F)cc3)cc2C1. The summed E-state index contributed by atoms with van der Waals surface area (Å²) in [4.78, 5) is 25.5. The fourth-order valence-corrected chi connectivity index (χ4v) is 2.72. The lowest BCUT2D eigenvalue weighted by molar-refractivity contribution is 0.102. The van der Waals surface area contributed by atoms with Gasteiger partial charge in [0.15, 0.2) is 0 Å². The summed E-state index contributed by atoms with van der Waals surface area (Å²) in [5.74, 6) is -0.696. The highest BCUT2D eigenvalue weighted by atomic mass is 19.1. The van der Waals surface area contributed by atoms with Gasteiger partial charge in [-0.15, -0.1) is 0 Å². The number of hydrogen-bond donors (Lipinski definition) is 1. The molecule has 3 rings (SSSR count). The van der Waals surface area contributed by atoms with Gasteiger partial charge in [0.25, 0.3) is 5.91 Å². The largest absolute Gasteiger partial charge is 0.453 e. The number of carbonyl (C=O) groups is 2. The van der Waals surface area contributed by atoms with E-state index in [0.717, 1.165) is 17.5 Å². The molecule has 2 aromatic rings. The summed E-state index contributed by atoms with van der Waals surface area (Å²) in [5, 5.41) is 2.79. The molecule has 24 heavy (non-hydrogen) atoms. The lowest BCUT2D eigenvalue weighted by Crippen LogP contribution is -2.35. The van der Waals surface area contributed by atoms with Crippen LogP contribution < -0.4 is 5.32 Å². The minimum Gasteiger partial charge on any atom is -0.453 e. The summed E-state index contributed by atoms with van der Waals surface area (Å²) in [6.45, 7) is 1.06. The maximum absolute atomic E-state index is 12.9. The third-order valence-electron chi connectivity index (χ3n) is 4.02. The van der Waals surface area contributed by atoms with Gasteiger partial charge in [-0.05, 0) is 53.9 Å². The molecule has 0 saturated carbocycles. The van der Waals surface area contributed by atoms with Gasteiger partial charge in [-0.25, -0.2) is 9.18 Å². The third kappa shape index (κ3) is 3.37. The first kappa shape index (κ1) is 16.0. The minimum atomic E-state index is -0.386. The Morgan fingerprint density at radius 2 is 1.88 bits per heavy atom. The van der Waals surface area contributed by atoms with Crippen molar-refractivity contribution in [2.75, 3.05) is 19.0 Å². The molecule has 0 saturated heterocycles. The van der Waals surface area contributed by atoms with Crippen LogP contribution in [0.1, 0.15) is 21.5 Å². The van der Waals surface area contributed by atoms with Crippen molar-refractivity contribution in [1.82, 2.24) is 4.90 Å². The molecule has 1 aliphatic heterocycles. The highest BCUT2D eigenvalue weighted by molar-refractivity contribution is 6.04. The molecule has 1 heterocycles. The van der Waals surface area contributed by atoms with Crippen LogP contribution >= 0.6 is 0 Å². The number of rotatable bonds is 2. The molecule has 2 amide bonds. The van der Waals surface area contributed by atoms with E-state index in [1.54, 1.807) is 4.90 Å². The van der Waals surface area contributed by atoms with Crippen molar-refractivity contribution in [3.63, 3.8) is 0 Å². The Bertz CT molecular complexity index is 774. The van der Waals surface area contributed by atoms with Crippen LogP contribution in [-0.4, -0.2) is 30.6 Å². The standard InChI is InChI=1S/C18H17FN2O3/c1-24-18(23)21-9-8-12-4-7-16(10-14(12)11-21)20-17(22)13-2-5-15(19)6-3-13/h2-7,10H,8-9,11H2,1H3,(H,20,22). The van der Waals surface area contributed by atoms with Crippen LogP contribution in [0.5, 0.6) is 0 Å². The Labute approximate surface area is 139 Å². The van der Waals surface area contributed by atoms with Crippen molar-refractivity contribution in [2.24, 2.45) is 0 Å². The number of nitrogens with one attached hydrogen (secondary N) is 1. The van der Waals surface area contributed by atoms with E-state index in [-0.39, 0.29) is 17.8 Å². The second-order valence-corrected chi connectivity index (χ2v) is 5.59. The number of carbonyl (C=O) groups excluding carboxylic acids is 2. The lowest BCUT2D eigenvalue weighted by Gasteiger charge is -2.28. The number of methoxy groups -OCH3 is 1. The molecule has 0 bridgehead atoms. The highest BCUT2D eigenvalue weighted by Crippen LogP contribution is 2.23. The average Bonchev–Trinajstić information content (AvgIpc) is 2.61. The van der Waals surface area contributed by atoms with E-state index in [9.17, 15) is 14.0 Å². The summed E-state index contributed by atoms with van der Waals surface area (Å²) < 4.78 is 17.7. The number of halogens is 1. The summed E-state index contributed by atoms with van der Waals surface area (Å²) >= 11 is 0. The second-order valence-electron chi connectivity index (χ2n) is 5.59. The fourth-order valence-electron chi connectivity index (χ4n) is 2.72. The molecule has 5 nitrogen and oxygen atoms in total. The third-order valence-corrected chi connectivity index (χ3v) is 4.02. The molecule has 0 spiro atoms. The summed E-state index contributed by atoms with van der Waals surface area (Å²) in [6.07, 6.45) is 0.387. The smallest absolute Gasteiger partial charge is 0.409 e. The number of hydrogen-bond acceptors (Lipinski definition) is 3. The van der Waals surface area contributed by atoms with Crippen molar-refractivity contribution in [1.29, 1.82) is 0 Å². The molecule has 0 atom stereocenters. The van der Waals surface area contributed by atoms with Gasteiger partial charge in [-0.1, -0.05) is 6.07 Å². The van der Waals surface area contributed by atoms with Gasteiger partial charge in [-0.3, -0.25) is 4.79 Å². The van der Waals surface area contributed by atoms with Crippen molar-refractivity contribution in [3.05, 3.63) is 65.0 Å². The molecule has 124 valence electrons. The van der Waals surface area contributed by atoms with E-state index in [1.165, 1.54) is 31.4 Å². The normalized spacial score (nSPS) is 13.2. The van der Waals surface area contributed by atoms with Gasteiger partial charge in [0.05, 0.1) is 7.11 Å². The molecule has 0 aromatic heterocycles. The maximum atomic E-state index is 12.9. The van der Waals surface area contributed by atoms with Crippen molar-refractivity contribution in [2.45, 2.75) is 13.0 Å². The molecule has 0 unspecified atom stereocenters. The average molecular weight is 328 g/mol. The zero-order chi connectivity index (χ0) is 17.1. The van der Waals surface area contributed by atoms with Crippen LogP contribution in [0.4, 0.5) is 14.9 Å². The molecule has 2 aromatic carbocycles. The van der Waals surface area contributed by atoms with Crippen molar-refractivity contribution < 1.29 is 18.7 Å². The first-order valence-electron chi connectivity index (χ1n) is 7.58. The number of nitrogens with zero attached hydrogens (tertiary/aromatic N) is 1. The predicted octanol–water partition coefficient (Wildman–Crippen LogP) is 3.20. The molecule has 1 N–H and O–H groups in total. The fraction of sp³-hybridized carbons (Fsp3) is 0.222. The van der Waals surface area contributed by atoms with Crippen LogP contribution in [-0.2, 0) is 17.7 Å². The number of amides is 2. The number of benzene rings is 2. The molecule has 0 radical (unpaired) electrons. The molecular weight excluding hydrogens is 311 g/mol. The van der Waals surface area contributed by atoms with Gasteiger partial charge in [0.2, 0.25) is 0 Å². The Morgan fingerprint density at radius 1 is 1.12 bits per heavy atom. The van der Waals surface area contributed by atoms with Gasteiger partial charge < -0.3 is 15.0 Å². The van der Waals surface area contributed by atoms with E-state index in [4.69, 9.17) is 4.74 Å². The van der Waals surface area contributed by atoms with Crippen molar-refractivity contribution in [3.8, 4) is 0 Å². The topological polar surface area (TPSA) is 58.6 Å². The van der Waals surface area contributed by atoms with Gasteiger partial charge in [0, 0.05) is 24.3 Å². The maximum Gasteiger partial charge on any atom is 0.409 e. The Balaban J connectivity index is 1.75. The first-order valence-corrected chi connectivity index (χ1v) is 7.58. The molecule has 1 aliphatic rings. The van der Waals surface area contributed by atoms with E-state index >= 15 is 0 Å². The molecule has 6 heteroatoms. The summed E-state index contributed by atoms with van der Waals surface area (Å²) in [7, 11) is 1.36. The minimum absolute atomic E-state index is 0.310. The van der Waals surface area contributed by atoms with Gasteiger partial charge >= 0.3 is 6.09 Å².